The summed E-state index contributed by atoms with van der Waals surface area (Å²) >= 11 is 0. The number of sulfonamides is 1. The Bertz CT molecular complexity index is 1460. The van der Waals surface area contributed by atoms with Crippen molar-refractivity contribution in [2.45, 2.75) is 44.0 Å². The molecule has 35 heavy (non-hydrogen) atoms. The van der Waals surface area contributed by atoms with E-state index in [1.165, 1.54) is 15.1 Å². The molecule has 0 spiro atoms. The number of hydrogen-bond acceptors (Lipinski definition) is 5. The van der Waals surface area contributed by atoms with Gasteiger partial charge in [-0.15, -0.1) is 0 Å². The maximum Gasteiger partial charge on any atom is 0.267 e. The second-order valence-electron chi connectivity index (χ2n) is 9.14. The number of aryl methyl sites for hydroxylation is 1. The van der Waals surface area contributed by atoms with Crippen LogP contribution in [0.15, 0.2) is 64.3 Å². The molecule has 0 aliphatic carbocycles. The van der Waals surface area contributed by atoms with Gasteiger partial charge in [0.2, 0.25) is 10.0 Å². The summed E-state index contributed by atoms with van der Waals surface area (Å²) in [7, 11) is -3.61. The number of para-hydroxylation sites is 1. The zero-order valence-electron chi connectivity index (χ0n) is 19.8. The third-order valence-corrected chi connectivity index (χ3v) is 8.91. The van der Waals surface area contributed by atoms with E-state index in [1.807, 2.05) is 24.3 Å². The summed E-state index contributed by atoms with van der Waals surface area (Å²) < 4.78 is 29.1. The number of carbonyl (C=O) groups excluding carboxylic acids is 1. The maximum absolute atomic E-state index is 13.3. The second kappa shape index (κ2) is 9.05. The number of rotatable bonds is 5. The van der Waals surface area contributed by atoms with Gasteiger partial charge in [0, 0.05) is 37.0 Å². The fourth-order valence-electron chi connectivity index (χ4n) is 4.86. The van der Waals surface area contributed by atoms with Crippen LogP contribution in [0.5, 0.6) is 0 Å². The molecule has 1 unspecified atom stereocenters. The summed E-state index contributed by atoms with van der Waals surface area (Å²) in [6.45, 7) is 5.05. The van der Waals surface area contributed by atoms with Crippen LogP contribution in [0.25, 0.3) is 11.3 Å². The van der Waals surface area contributed by atoms with Gasteiger partial charge in [0.15, 0.2) is 0 Å². The molecule has 2 aromatic carbocycles. The first-order chi connectivity index (χ1) is 16.8. The Morgan fingerprint density at radius 1 is 1.00 bits per heavy atom. The molecule has 2 aliphatic rings. The van der Waals surface area contributed by atoms with E-state index < -0.39 is 16.1 Å². The van der Waals surface area contributed by atoms with Gasteiger partial charge in [0.05, 0.1) is 10.6 Å². The van der Waals surface area contributed by atoms with E-state index in [4.69, 9.17) is 0 Å². The molecule has 8 nitrogen and oxygen atoms in total. The fraction of sp³-hybridized carbons (Fsp3) is 0.346. The van der Waals surface area contributed by atoms with Gasteiger partial charge in [-0.05, 0) is 62.4 Å². The first-order valence-corrected chi connectivity index (χ1v) is 13.3. The molecule has 1 fully saturated rings. The Kier molecular flexibility index (Phi) is 6.06. The molecule has 1 saturated heterocycles. The van der Waals surface area contributed by atoms with E-state index in [0.29, 0.717) is 36.5 Å². The minimum absolute atomic E-state index is 0.206. The van der Waals surface area contributed by atoms with Crippen molar-refractivity contribution in [3.05, 3.63) is 76.1 Å². The van der Waals surface area contributed by atoms with E-state index in [1.54, 1.807) is 43.0 Å². The molecular weight excluding hydrogens is 464 g/mol. The highest BCUT2D eigenvalue weighted by Crippen LogP contribution is 2.30. The summed E-state index contributed by atoms with van der Waals surface area (Å²) in [6.07, 6.45) is 2.49. The second-order valence-corrected chi connectivity index (χ2v) is 11.0. The van der Waals surface area contributed by atoms with Crippen LogP contribution in [0, 0.1) is 6.92 Å². The molecule has 1 atom stereocenters. The molecule has 9 heteroatoms. The summed E-state index contributed by atoms with van der Waals surface area (Å²) in [5.41, 5.74) is 3.25. The first-order valence-electron chi connectivity index (χ1n) is 11.9. The average Bonchev–Trinajstić information content (AvgIpc) is 3.55. The van der Waals surface area contributed by atoms with Gasteiger partial charge >= 0.3 is 0 Å². The Labute approximate surface area is 204 Å². The van der Waals surface area contributed by atoms with Crippen molar-refractivity contribution in [1.82, 2.24) is 14.1 Å². The highest BCUT2D eigenvalue weighted by Gasteiger charge is 2.31. The number of hydrogen-bond donors (Lipinski definition) is 0. The van der Waals surface area contributed by atoms with Gasteiger partial charge < -0.3 is 4.90 Å². The molecule has 0 radical (unpaired) electrons. The molecule has 3 aromatic rings. The Morgan fingerprint density at radius 2 is 1.74 bits per heavy atom. The van der Waals surface area contributed by atoms with Crippen LogP contribution in [0.2, 0.25) is 0 Å². The van der Waals surface area contributed by atoms with Crippen LogP contribution >= 0.6 is 0 Å². The van der Waals surface area contributed by atoms with Crippen molar-refractivity contribution in [2.24, 2.45) is 0 Å². The molecule has 0 N–H and O–H groups in total. The van der Waals surface area contributed by atoms with Crippen LogP contribution in [-0.4, -0.2) is 48.0 Å². The minimum atomic E-state index is -3.61. The lowest BCUT2D eigenvalue weighted by Crippen LogP contribution is -2.39. The van der Waals surface area contributed by atoms with Gasteiger partial charge in [-0.1, -0.05) is 30.3 Å². The predicted molar refractivity (Wildman–Crippen MR) is 134 cm³/mol. The number of amides is 1. The SMILES string of the molecule is Cc1ccc(-c2ccc(=O)n(C(C)C(=O)N3CCc4ccccc43)n2)cc1S(=O)(=O)N1CCCC1. The Balaban J connectivity index is 1.48. The van der Waals surface area contributed by atoms with Gasteiger partial charge in [-0.3, -0.25) is 9.59 Å². The third kappa shape index (κ3) is 4.19. The van der Waals surface area contributed by atoms with E-state index >= 15 is 0 Å². The molecule has 5 rings (SSSR count). The van der Waals surface area contributed by atoms with Crippen LogP contribution in [0.4, 0.5) is 5.69 Å². The van der Waals surface area contributed by atoms with E-state index in [0.717, 1.165) is 30.5 Å². The van der Waals surface area contributed by atoms with Gasteiger partial charge in [-0.2, -0.15) is 9.40 Å². The minimum Gasteiger partial charge on any atom is -0.310 e. The zero-order chi connectivity index (χ0) is 24.7. The van der Waals surface area contributed by atoms with Crippen molar-refractivity contribution < 1.29 is 13.2 Å². The lowest BCUT2D eigenvalue weighted by Gasteiger charge is -2.22. The smallest absolute Gasteiger partial charge is 0.267 e. The zero-order valence-corrected chi connectivity index (χ0v) is 20.7. The van der Waals surface area contributed by atoms with Crippen LogP contribution in [0.3, 0.4) is 0 Å². The number of benzene rings is 2. The molecule has 3 heterocycles. The van der Waals surface area contributed by atoms with Crippen LogP contribution in [0.1, 0.15) is 36.9 Å². The van der Waals surface area contributed by atoms with Gasteiger partial charge in [0.1, 0.15) is 6.04 Å². The standard InChI is InChI=1S/C26H28N4O4S/c1-18-9-10-21(17-24(18)35(33,34)28-14-5-6-15-28)22-11-12-25(31)30(27-22)19(2)26(32)29-16-13-20-7-3-4-8-23(20)29/h3-4,7-12,17,19H,5-6,13-16H2,1-2H3. The van der Waals surface area contributed by atoms with Crippen molar-refractivity contribution in [3.8, 4) is 11.3 Å². The summed E-state index contributed by atoms with van der Waals surface area (Å²) in [5, 5.41) is 4.49. The highest BCUT2D eigenvalue weighted by atomic mass is 32.2. The number of carbonyl (C=O) groups is 1. The van der Waals surface area contributed by atoms with E-state index in [9.17, 15) is 18.0 Å². The average molecular weight is 493 g/mol. The maximum atomic E-state index is 13.3. The molecule has 0 bridgehead atoms. The fourth-order valence-corrected chi connectivity index (χ4v) is 6.63. The summed E-state index contributed by atoms with van der Waals surface area (Å²) in [4.78, 5) is 28.0. The highest BCUT2D eigenvalue weighted by molar-refractivity contribution is 7.89. The summed E-state index contributed by atoms with van der Waals surface area (Å²) in [6, 6.07) is 15.0. The summed E-state index contributed by atoms with van der Waals surface area (Å²) in [5.74, 6) is -0.206. The number of aromatic nitrogens is 2. The lowest BCUT2D eigenvalue weighted by atomic mass is 10.1. The Hall–Kier alpha value is -3.30. The molecular formula is C26H28N4O4S. The molecule has 1 aromatic heterocycles. The molecule has 182 valence electrons. The van der Waals surface area contributed by atoms with Gasteiger partial charge in [0.25, 0.3) is 11.5 Å². The van der Waals surface area contributed by atoms with Crippen LogP contribution in [-0.2, 0) is 21.2 Å². The largest absolute Gasteiger partial charge is 0.310 e. The Morgan fingerprint density at radius 3 is 2.51 bits per heavy atom. The molecule has 2 aliphatic heterocycles. The quantitative estimate of drug-likeness (QED) is 0.546. The van der Waals surface area contributed by atoms with Crippen molar-refractivity contribution in [2.75, 3.05) is 24.5 Å². The number of nitrogens with zero attached hydrogens (tertiary/aromatic N) is 4. The monoisotopic (exact) mass is 492 g/mol. The first kappa shape index (κ1) is 23.4. The van der Waals surface area contributed by atoms with E-state index in [2.05, 4.69) is 5.10 Å². The molecule has 1 amide bonds. The van der Waals surface area contributed by atoms with Gasteiger partial charge in [-0.25, -0.2) is 13.1 Å². The number of anilines is 1. The predicted octanol–water partition coefficient (Wildman–Crippen LogP) is 3.15. The topological polar surface area (TPSA) is 92.6 Å². The van der Waals surface area contributed by atoms with Crippen LogP contribution < -0.4 is 10.5 Å². The van der Waals surface area contributed by atoms with E-state index in [-0.39, 0.29) is 16.4 Å². The number of fused-ring (bicyclic) bond motifs is 1. The molecule has 0 saturated carbocycles. The lowest BCUT2D eigenvalue weighted by molar-refractivity contribution is -0.121. The normalized spacial score (nSPS) is 16.9. The van der Waals surface area contributed by atoms with Crippen molar-refractivity contribution >= 4 is 21.6 Å². The van der Waals surface area contributed by atoms with Crippen molar-refractivity contribution in [1.29, 1.82) is 0 Å². The van der Waals surface area contributed by atoms with Crippen molar-refractivity contribution in [3.63, 3.8) is 0 Å². The third-order valence-electron chi connectivity index (χ3n) is 6.87.